The SMILES string of the molecule is C=S(C)c1ccc(CNC23CC4CC(CC(C4)C2)C3)cc1. The Morgan fingerprint density at radius 2 is 1.57 bits per heavy atom. The van der Waals surface area contributed by atoms with E-state index in [2.05, 4.69) is 41.7 Å². The molecule has 1 nitrogen and oxygen atoms in total. The number of hydrogen-bond donors (Lipinski definition) is 1. The molecule has 0 aromatic heterocycles. The predicted molar refractivity (Wildman–Crippen MR) is 93.1 cm³/mol. The van der Waals surface area contributed by atoms with E-state index in [-0.39, 0.29) is 10.5 Å². The highest BCUT2D eigenvalue weighted by atomic mass is 32.2. The first-order valence-corrected chi connectivity index (χ1v) is 10.2. The lowest BCUT2D eigenvalue weighted by Crippen LogP contribution is -2.58. The zero-order chi connectivity index (χ0) is 14.4. The van der Waals surface area contributed by atoms with Crippen LogP contribution in [0.4, 0.5) is 0 Å². The van der Waals surface area contributed by atoms with E-state index in [4.69, 9.17) is 0 Å². The second kappa shape index (κ2) is 5.24. The van der Waals surface area contributed by atoms with Crippen molar-refractivity contribution in [2.24, 2.45) is 17.8 Å². The van der Waals surface area contributed by atoms with Gasteiger partial charge in [0.15, 0.2) is 0 Å². The van der Waals surface area contributed by atoms with Crippen molar-refractivity contribution in [1.29, 1.82) is 0 Å². The van der Waals surface area contributed by atoms with Gasteiger partial charge in [0.1, 0.15) is 0 Å². The van der Waals surface area contributed by atoms with Gasteiger partial charge in [-0.15, -0.1) is 0 Å². The summed E-state index contributed by atoms with van der Waals surface area (Å²) in [7, 11) is 0.130. The first-order chi connectivity index (χ1) is 10.1. The van der Waals surface area contributed by atoms with Crippen LogP contribution < -0.4 is 5.32 Å². The van der Waals surface area contributed by atoms with Crippen molar-refractivity contribution in [2.75, 3.05) is 6.26 Å². The van der Waals surface area contributed by atoms with E-state index in [9.17, 15) is 0 Å². The van der Waals surface area contributed by atoms with Gasteiger partial charge in [0.2, 0.25) is 0 Å². The molecule has 4 bridgehead atoms. The van der Waals surface area contributed by atoms with E-state index < -0.39 is 0 Å². The summed E-state index contributed by atoms with van der Waals surface area (Å²) in [5.41, 5.74) is 1.91. The Bertz CT molecular complexity index is 510. The molecule has 0 radical (unpaired) electrons. The van der Waals surface area contributed by atoms with E-state index in [1.54, 1.807) is 0 Å². The average Bonchev–Trinajstić information content (AvgIpc) is 2.44. The van der Waals surface area contributed by atoms with Crippen LogP contribution >= 0.6 is 10.5 Å². The van der Waals surface area contributed by atoms with E-state index in [0.717, 1.165) is 24.3 Å². The summed E-state index contributed by atoms with van der Waals surface area (Å²) in [5, 5.41) is 3.98. The summed E-state index contributed by atoms with van der Waals surface area (Å²) in [6, 6.07) is 9.09. The van der Waals surface area contributed by atoms with Crippen molar-refractivity contribution in [2.45, 2.75) is 55.5 Å². The fraction of sp³-hybridized carbons (Fsp3) is 0.632. The van der Waals surface area contributed by atoms with Gasteiger partial charge in [-0.1, -0.05) is 18.0 Å². The molecule has 4 aliphatic carbocycles. The van der Waals surface area contributed by atoms with E-state index >= 15 is 0 Å². The van der Waals surface area contributed by atoms with Crippen LogP contribution in [-0.2, 0) is 6.54 Å². The van der Waals surface area contributed by atoms with Crippen LogP contribution in [0, 0.1) is 17.8 Å². The van der Waals surface area contributed by atoms with Crippen LogP contribution in [-0.4, -0.2) is 17.7 Å². The maximum atomic E-state index is 4.12. The molecule has 4 saturated carbocycles. The minimum absolute atomic E-state index is 0.130. The molecule has 1 N–H and O–H groups in total. The van der Waals surface area contributed by atoms with E-state index in [1.165, 1.54) is 49.0 Å². The summed E-state index contributed by atoms with van der Waals surface area (Å²) >= 11 is 0. The summed E-state index contributed by atoms with van der Waals surface area (Å²) in [6.45, 7) is 1.04. The Labute approximate surface area is 131 Å². The van der Waals surface area contributed by atoms with Crippen LogP contribution in [0.1, 0.15) is 44.1 Å². The topological polar surface area (TPSA) is 12.0 Å². The maximum absolute atomic E-state index is 4.12. The molecule has 21 heavy (non-hydrogen) atoms. The molecule has 4 fully saturated rings. The van der Waals surface area contributed by atoms with Crippen molar-refractivity contribution in [3.8, 4) is 0 Å². The third-order valence-corrected chi connectivity index (χ3v) is 7.11. The minimum Gasteiger partial charge on any atom is -0.307 e. The molecule has 1 aromatic rings. The molecule has 4 aliphatic rings. The molecular weight excluding hydrogens is 274 g/mol. The molecule has 0 spiro atoms. The van der Waals surface area contributed by atoms with Gasteiger partial charge in [-0.3, -0.25) is 0 Å². The molecule has 1 atom stereocenters. The van der Waals surface area contributed by atoms with Crippen molar-refractivity contribution in [3.63, 3.8) is 0 Å². The third-order valence-electron chi connectivity index (χ3n) is 6.03. The quantitative estimate of drug-likeness (QED) is 0.811. The monoisotopic (exact) mass is 301 g/mol. The van der Waals surface area contributed by atoms with Gasteiger partial charge < -0.3 is 5.32 Å². The molecule has 1 aromatic carbocycles. The highest BCUT2D eigenvalue weighted by molar-refractivity contribution is 8.13. The first kappa shape index (κ1) is 14.0. The second-order valence-electron chi connectivity index (χ2n) is 7.83. The standard InChI is InChI=1S/C19H27NS/c1-21(2)18-5-3-14(4-6-18)13-20-19-10-15-7-16(11-19)9-17(8-15)12-19/h3-6,15-17,20H,1,7-13H2,2H3. The van der Waals surface area contributed by atoms with Crippen LogP contribution in [0.25, 0.3) is 0 Å². The summed E-state index contributed by atoms with van der Waals surface area (Å²) in [4.78, 5) is 1.37. The molecule has 0 aliphatic heterocycles. The molecule has 0 amide bonds. The maximum Gasteiger partial charge on any atom is 0.0210 e. The molecule has 0 saturated heterocycles. The Kier molecular flexibility index (Phi) is 3.50. The number of benzene rings is 1. The largest absolute Gasteiger partial charge is 0.307 e. The minimum atomic E-state index is 0.130. The molecule has 1 unspecified atom stereocenters. The van der Waals surface area contributed by atoms with Crippen LogP contribution in [0.15, 0.2) is 29.2 Å². The average molecular weight is 301 g/mol. The Morgan fingerprint density at radius 3 is 2.05 bits per heavy atom. The molecule has 0 heterocycles. The van der Waals surface area contributed by atoms with Gasteiger partial charge in [0, 0.05) is 17.0 Å². The van der Waals surface area contributed by atoms with Gasteiger partial charge in [-0.25, -0.2) is 0 Å². The van der Waals surface area contributed by atoms with E-state index in [0.29, 0.717) is 5.54 Å². The summed E-state index contributed by atoms with van der Waals surface area (Å²) in [6.07, 6.45) is 11.1. The zero-order valence-electron chi connectivity index (χ0n) is 13.1. The number of nitrogens with one attached hydrogen (secondary N) is 1. The summed E-state index contributed by atoms with van der Waals surface area (Å²) in [5.74, 6) is 7.20. The van der Waals surface area contributed by atoms with Crippen LogP contribution in [0.3, 0.4) is 0 Å². The lowest BCUT2D eigenvalue weighted by atomic mass is 9.53. The summed E-state index contributed by atoms with van der Waals surface area (Å²) < 4.78 is 0. The molecule has 5 rings (SSSR count). The lowest BCUT2D eigenvalue weighted by Gasteiger charge is -2.57. The smallest absolute Gasteiger partial charge is 0.0210 e. The fourth-order valence-electron chi connectivity index (χ4n) is 5.46. The van der Waals surface area contributed by atoms with Gasteiger partial charge >= 0.3 is 0 Å². The highest BCUT2D eigenvalue weighted by Gasteiger charge is 2.50. The van der Waals surface area contributed by atoms with Gasteiger partial charge in [0.05, 0.1) is 0 Å². The second-order valence-corrected chi connectivity index (χ2v) is 9.58. The van der Waals surface area contributed by atoms with Gasteiger partial charge in [-0.2, -0.15) is 10.5 Å². The fourth-order valence-corrected chi connectivity index (χ4v) is 6.06. The predicted octanol–water partition coefficient (Wildman–Crippen LogP) is 4.43. The van der Waals surface area contributed by atoms with Crippen molar-refractivity contribution < 1.29 is 0 Å². The third kappa shape index (κ3) is 2.73. The number of rotatable bonds is 4. The molecular formula is C19H27NS. The van der Waals surface area contributed by atoms with Gasteiger partial charge in [-0.05, 0) is 80.2 Å². The lowest BCUT2D eigenvalue weighted by molar-refractivity contribution is -0.0206. The Morgan fingerprint density at radius 1 is 1.05 bits per heavy atom. The molecule has 114 valence electrons. The highest BCUT2D eigenvalue weighted by Crippen LogP contribution is 2.55. The van der Waals surface area contributed by atoms with Crippen molar-refractivity contribution >= 4 is 16.4 Å². The van der Waals surface area contributed by atoms with Gasteiger partial charge in [0.25, 0.3) is 0 Å². The number of hydrogen-bond acceptors (Lipinski definition) is 1. The van der Waals surface area contributed by atoms with Crippen LogP contribution in [0.5, 0.6) is 0 Å². The van der Waals surface area contributed by atoms with Crippen molar-refractivity contribution in [1.82, 2.24) is 5.32 Å². The normalized spacial score (nSPS) is 38.6. The Hall–Kier alpha value is -0.600. The molecule has 2 heteroatoms. The zero-order valence-corrected chi connectivity index (χ0v) is 13.9. The Balaban J connectivity index is 1.43. The van der Waals surface area contributed by atoms with Crippen molar-refractivity contribution in [3.05, 3.63) is 29.8 Å². The van der Waals surface area contributed by atoms with E-state index in [1.807, 2.05) is 0 Å². The van der Waals surface area contributed by atoms with Crippen LogP contribution in [0.2, 0.25) is 0 Å². The first-order valence-electron chi connectivity index (χ1n) is 8.41.